The highest BCUT2D eigenvalue weighted by molar-refractivity contribution is 5.98. The summed E-state index contributed by atoms with van der Waals surface area (Å²) >= 11 is 0. The number of ether oxygens (including phenoxy) is 1. The standard InChI is InChI=1S/C26H29NO/c1-3-25(22-10-6-4-7-11-22)26(23-12-8-5-9-13-23)24-16-14-21(15-17-24)18-19-28-20-27-2/h4-17,27H,3,18-20H2,1-2H3. The Labute approximate surface area is 168 Å². The highest BCUT2D eigenvalue weighted by Gasteiger charge is 2.12. The molecule has 0 unspecified atom stereocenters. The van der Waals surface area contributed by atoms with Crippen molar-refractivity contribution in [2.24, 2.45) is 0 Å². The van der Waals surface area contributed by atoms with Gasteiger partial charge >= 0.3 is 0 Å². The van der Waals surface area contributed by atoms with Crippen LogP contribution in [-0.4, -0.2) is 20.4 Å². The van der Waals surface area contributed by atoms with Crippen molar-refractivity contribution in [2.75, 3.05) is 20.4 Å². The molecule has 0 heterocycles. The van der Waals surface area contributed by atoms with Gasteiger partial charge in [-0.25, -0.2) is 0 Å². The fraction of sp³-hybridized carbons (Fsp3) is 0.231. The molecule has 0 atom stereocenters. The predicted octanol–water partition coefficient (Wildman–Crippen LogP) is 5.79. The largest absolute Gasteiger partial charge is 0.366 e. The normalized spacial score (nSPS) is 11.9. The van der Waals surface area contributed by atoms with Crippen molar-refractivity contribution >= 4 is 11.1 Å². The van der Waals surface area contributed by atoms with E-state index in [0.29, 0.717) is 6.73 Å². The molecular weight excluding hydrogens is 342 g/mol. The maximum absolute atomic E-state index is 5.53. The van der Waals surface area contributed by atoms with E-state index >= 15 is 0 Å². The Kier molecular flexibility index (Phi) is 7.60. The zero-order valence-electron chi connectivity index (χ0n) is 16.8. The number of hydrogen-bond acceptors (Lipinski definition) is 2. The van der Waals surface area contributed by atoms with Gasteiger partial charge in [0.05, 0.1) is 13.3 Å². The van der Waals surface area contributed by atoms with Gasteiger partial charge in [0.1, 0.15) is 0 Å². The molecule has 2 nitrogen and oxygen atoms in total. The molecule has 0 aliphatic heterocycles. The van der Waals surface area contributed by atoms with Crippen LogP contribution < -0.4 is 5.32 Å². The minimum Gasteiger partial charge on any atom is -0.366 e. The van der Waals surface area contributed by atoms with E-state index in [1.165, 1.54) is 33.4 Å². The molecule has 0 saturated heterocycles. The molecule has 0 fully saturated rings. The fourth-order valence-electron chi connectivity index (χ4n) is 3.49. The number of hydrogen-bond donors (Lipinski definition) is 1. The van der Waals surface area contributed by atoms with Gasteiger partial charge in [0.25, 0.3) is 0 Å². The van der Waals surface area contributed by atoms with Crippen molar-refractivity contribution in [3.8, 4) is 0 Å². The molecule has 2 heteroatoms. The summed E-state index contributed by atoms with van der Waals surface area (Å²) in [6.45, 7) is 3.56. The van der Waals surface area contributed by atoms with Gasteiger partial charge < -0.3 is 4.74 Å². The average molecular weight is 372 g/mol. The summed E-state index contributed by atoms with van der Waals surface area (Å²) in [4.78, 5) is 0. The van der Waals surface area contributed by atoms with Gasteiger partial charge in [0.2, 0.25) is 0 Å². The van der Waals surface area contributed by atoms with E-state index in [0.717, 1.165) is 19.4 Å². The second-order valence-corrected chi connectivity index (χ2v) is 6.79. The maximum atomic E-state index is 5.53. The van der Waals surface area contributed by atoms with Crippen molar-refractivity contribution in [3.05, 3.63) is 107 Å². The van der Waals surface area contributed by atoms with Gasteiger partial charge in [-0.1, -0.05) is 91.9 Å². The van der Waals surface area contributed by atoms with Crippen molar-refractivity contribution in [2.45, 2.75) is 19.8 Å². The van der Waals surface area contributed by atoms with Crippen molar-refractivity contribution in [1.82, 2.24) is 5.32 Å². The van der Waals surface area contributed by atoms with E-state index in [-0.39, 0.29) is 0 Å². The van der Waals surface area contributed by atoms with E-state index in [2.05, 4.69) is 97.2 Å². The molecule has 144 valence electrons. The Balaban J connectivity index is 1.97. The van der Waals surface area contributed by atoms with Crippen molar-refractivity contribution in [3.63, 3.8) is 0 Å². The molecule has 3 aromatic rings. The predicted molar refractivity (Wildman–Crippen MR) is 119 cm³/mol. The molecule has 1 N–H and O–H groups in total. The first-order chi connectivity index (χ1) is 13.8. The maximum Gasteiger partial charge on any atom is 0.0962 e. The first kappa shape index (κ1) is 20.1. The zero-order chi connectivity index (χ0) is 19.6. The minimum atomic E-state index is 0.593. The van der Waals surface area contributed by atoms with Crippen LogP contribution in [0.5, 0.6) is 0 Å². The van der Waals surface area contributed by atoms with Gasteiger partial charge in [0, 0.05) is 0 Å². The van der Waals surface area contributed by atoms with Crippen LogP contribution >= 0.6 is 0 Å². The smallest absolute Gasteiger partial charge is 0.0962 e. The summed E-state index contributed by atoms with van der Waals surface area (Å²) in [6.07, 6.45) is 1.90. The van der Waals surface area contributed by atoms with E-state index < -0.39 is 0 Å². The molecule has 3 aromatic carbocycles. The zero-order valence-corrected chi connectivity index (χ0v) is 16.8. The first-order valence-electron chi connectivity index (χ1n) is 9.99. The van der Waals surface area contributed by atoms with Crippen LogP contribution in [0.3, 0.4) is 0 Å². The van der Waals surface area contributed by atoms with Gasteiger partial charge in [0.15, 0.2) is 0 Å². The van der Waals surface area contributed by atoms with E-state index in [9.17, 15) is 0 Å². The Bertz CT molecular complexity index is 867. The Morgan fingerprint density at radius 1 is 0.750 bits per heavy atom. The third kappa shape index (κ3) is 5.19. The molecule has 0 spiro atoms. The molecular formula is C26H29NO. The molecule has 0 amide bonds. The lowest BCUT2D eigenvalue weighted by Gasteiger charge is -2.16. The Morgan fingerprint density at radius 2 is 1.32 bits per heavy atom. The number of benzene rings is 3. The van der Waals surface area contributed by atoms with Crippen LogP contribution in [0.15, 0.2) is 84.9 Å². The second kappa shape index (κ2) is 10.6. The summed E-state index contributed by atoms with van der Waals surface area (Å²) in [6, 6.07) is 30.3. The average Bonchev–Trinajstić information content (AvgIpc) is 2.77. The van der Waals surface area contributed by atoms with Crippen molar-refractivity contribution in [1.29, 1.82) is 0 Å². The summed E-state index contributed by atoms with van der Waals surface area (Å²) in [7, 11) is 1.89. The van der Waals surface area contributed by atoms with E-state index in [1.54, 1.807) is 0 Å². The Morgan fingerprint density at radius 3 is 1.89 bits per heavy atom. The molecule has 0 radical (unpaired) electrons. The summed E-state index contributed by atoms with van der Waals surface area (Å²) in [5, 5.41) is 3.00. The lowest BCUT2D eigenvalue weighted by molar-refractivity contribution is 0.125. The van der Waals surface area contributed by atoms with Crippen LogP contribution in [0.1, 0.15) is 35.6 Å². The lowest BCUT2D eigenvalue weighted by atomic mass is 9.88. The molecule has 0 aliphatic rings. The van der Waals surface area contributed by atoms with E-state index in [4.69, 9.17) is 4.74 Å². The van der Waals surface area contributed by atoms with Crippen LogP contribution in [0, 0.1) is 0 Å². The highest BCUT2D eigenvalue weighted by atomic mass is 16.5. The third-order valence-electron chi connectivity index (χ3n) is 4.86. The molecule has 28 heavy (non-hydrogen) atoms. The molecule has 3 rings (SSSR count). The van der Waals surface area contributed by atoms with E-state index in [1.807, 2.05) is 7.05 Å². The van der Waals surface area contributed by atoms with Crippen LogP contribution in [0.2, 0.25) is 0 Å². The van der Waals surface area contributed by atoms with Crippen LogP contribution in [-0.2, 0) is 11.2 Å². The lowest BCUT2D eigenvalue weighted by Crippen LogP contribution is -2.13. The SMILES string of the molecule is CCC(=C(c1ccccc1)c1ccc(CCOCNC)cc1)c1ccccc1. The van der Waals surface area contributed by atoms with Gasteiger partial charge in [-0.15, -0.1) is 0 Å². The van der Waals surface area contributed by atoms with Gasteiger partial charge in [-0.05, 0) is 53.3 Å². The summed E-state index contributed by atoms with van der Waals surface area (Å²) < 4.78 is 5.53. The molecule has 0 bridgehead atoms. The minimum absolute atomic E-state index is 0.593. The molecule has 0 saturated carbocycles. The first-order valence-corrected chi connectivity index (χ1v) is 9.99. The second-order valence-electron chi connectivity index (χ2n) is 6.79. The fourth-order valence-corrected chi connectivity index (χ4v) is 3.49. The third-order valence-corrected chi connectivity index (χ3v) is 4.86. The monoisotopic (exact) mass is 371 g/mol. The summed E-state index contributed by atoms with van der Waals surface area (Å²) in [5.41, 5.74) is 7.78. The van der Waals surface area contributed by atoms with Crippen LogP contribution in [0.4, 0.5) is 0 Å². The van der Waals surface area contributed by atoms with Gasteiger partial charge in [-0.3, -0.25) is 5.32 Å². The number of nitrogens with one attached hydrogen (secondary N) is 1. The van der Waals surface area contributed by atoms with Crippen molar-refractivity contribution < 1.29 is 4.74 Å². The highest BCUT2D eigenvalue weighted by Crippen LogP contribution is 2.34. The van der Waals surface area contributed by atoms with Crippen LogP contribution in [0.25, 0.3) is 11.1 Å². The Hall–Kier alpha value is -2.68. The number of allylic oxidation sites excluding steroid dienone is 1. The summed E-state index contributed by atoms with van der Waals surface area (Å²) in [5.74, 6) is 0. The molecule has 0 aliphatic carbocycles. The number of rotatable bonds is 9. The molecule has 0 aromatic heterocycles. The quantitative estimate of drug-likeness (QED) is 0.292. The topological polar surface area (TPSA) is 21.3 Å². The van der Waals surface area contributed by atoms with Gasteiger partial charge in [-0.2, -0.15) is 0 Å².